The van der Waals surface area contributed by atoms with Gasteiger partial charge in [-0.1, -0.05) is 28.1 Å². The predicted molar refractivity (Wildman–Crippen MR) is 63.1 cm³/mol. The Morgan fingerprint density at radius 3 is 3.00 bits per heavy atom. The fraction of sp³-hybridized carbons (Fsp3) is 0.455. The van der Waals surface area contributed by atoms with Crippen LogP contribution in [-0.2, 0) is 6.54 Å². The van der Waals surface area contributed by atoms with E-state index in [1.54, 1.807) is 7.11 Å². The summed E-state index contributed by atoms with van der Waals surface area (Å²) in [6, 6.07) is 8.13. The van der Waals surface area contributed by atoms with E-state index in [1.165, 1.54) is 5.56 Å². The highest BCUT2D eigenvalue weighted by molar-refractivity contribution is 9.09. The summed E-state index contributed by atoms with van der Waals surface area (Å²) in [5, 5.41) is 4.42. The molecule has 14 heavy (non-hydrogen) atoms. The molecule has 0 saturated heterocycles. The number of rotatable bonds is 6. The highest BCUT2D eigenvalue weighted by Crippen LogP contribution is 2.11. The molecule has 0 radical (unpaired) electrons. The first-order valence-electron chi connectivity index (χ1n) is 4.76. The second-order valence-corrected chi connectivity index (χ2v) is 3.86. The lowest BCUT2D eigenvalue weighted by Gasteiger charge is -2.05. The molecular formula is C11H16BrNO. The molecule has 1 N–H and O–H groups in total. The molecule has 0 aliphatic carbocycles. The lowest BCUT2D eigenvalue weighted by molar-refractivity contribution is 0.414. The van der Waals surface area contributed by atoms with Crippen molar-refractivity contribution in [1.29, 1.82) is 0 Å². The average molecular weight is 258 g/mol. The number of hydrogen-bond donors (Lipinski definition) is 1. The fourth-order valence-electron chi connectivity index (χ4n) is 1.21. The third-order valence-electron chi connectivity index (χ3n) is 1.95. The minimum Gasteiger partial charge on any atom is -0.497 e. The van der Waals surface area contributed by atoms with Crippen molar-refractivity contribution in [3.05, 3.63) is 29.8 Å². The smallest absolute Gasteiger partial charge is 0.119 e. The molecule has 1 aromatic carbocycles. The Morgan fingerprint density at radius 2 is 2.29 bits per heavy atom. The van der Waals surface area contributed by atoms with Gasteiger partial charge >= 0.3 is 0 Å². The lowest BCUT2D eigenvalue weighted by atomic mass is 10.2. The molecule has 3 heteroatoms. The van der Waals surface area contributed by atoms with Gasteiger partial charge in [0.1, 0.15) is 5.75 Å². The third-order valence-corrected chi connectivity index (χ3v) is 2.51. The molecule has 0 amide bonds. The SMILES string of the molecule is COc1cccc(CNCCCBr)c1. The monoisotopic (exact) mass is 257 g/mol. The predicted octanol–water partition coefficient (Wildman–Crippen LogP) is 2.57. The number of halogens is 1. The van der Waals surface area contributed by atoms with Gasteiger partial charge < -0.3 is 10.1 Å². The number of alkyl halides is 1. The second kappa shape index (κ2) is 6.85. The molecule has 0 aliphatic rings. The van der Waals surface area contributed by atoms with Crippen molar-refractivity contribution >= 4 is 15.9 Å². The summed E-state index contributed by atoms with van der Waals surface area (Å²) in [6.07, 6.45) is 1.16. The molecule has 0 bridgehead atoms. The van der Waals surface area contributed by atoms with Gasteiger partial charge in [-0.2, -0.15) is 0 Å². The number of methoxy groups -OCH3 is 1. The van der Waals surface area contributed by atoms with Crippen molar-refractivity contribution in [2.24, 2.45) is 0 Å². The van der Waals surface area contributed by atoms with Gasteiger partial charge in [-0.25, -0.2) is 0 Å². The summed E-state index contributed by atoms with van der Waals surface area (Å²) < 4.78 is 5.15. The molecule has 0 saturated carbocycles. The van der Waals surface area contributed by atoms with Crippen LogP contribution in [0.3, 0.4) is 0 Å². The highest BCUT2D eigenvalue weighted by Gasteiger charge is 1.94. The van der Waals surface area contributed by atoms with Gasteiger partial charge in [0.25, 0.3) is 0 Å². The molecule has 1 rings (SSSR count). The molecule has 1 aromatic rings. The molecule has 0 spiro atoms. The topological polar surface area (TPSA) is 21.3 Å². The van der Waals surface area contributed by atoms with Crippen LogP contribution < -0.4 is 10.1 Å². The van der Waals surface area contributed by atoms with Crippen LogP contribution in [0.2, 0.25) is 0 Å². The molecule has 2 nitrogen and oxygen atoms in total. The summed E-state index contributed by atoms with van der Waals surface area (Å²) in [4.78, 5) is 0. The van der Waals surface area contributed by atoms with Crippen LogP contribution in [0.25, 0.3) is 0 Å². The molecule has 0 unspecified atom stereocenters. The first-order valence-corrected chi connectivity index (χ1v) is 5.88. The first-order chi connectivity index (χ1) is 6.86. The maximum absolute atomic E-state index is 5.15. The number of benzene rings is 1. The van der Waals surface area contributed by atoms with E-state index in [0.29, 0.717) is 0 Å². The van der Waals surface area contributed by atoms with Crippen LogP contribution in [-0.4, -0.2) is 19.0 Å². The quantitative estimate of drug-likeness (QED) is 0.625. The Balaban J connectivity index is 2.34. The molecule has 78 valence electrons. The summed E-state index contributed by atoms with van der Waals surface area (Å²) >= 11 is 3.40. The van der Waals surface area contributed by atoms with E-state index >= 15 is 0 Å². The van der Waals surface area contributed by atoms with Crippen molar-refractivity contribution in [3.8, 4) is 5.75 Å². The van der Waals surface area contributed by atoms with Crippen LogP contribution in [0, 0.1) is 0 Å². The average Bonchev–Trinajstić information content (AvgIpc) is 2.25. The van der Waals surface area contributed by atoms with E-state index in [2.05, 4.69) is 33.4 Å². The molecule has 0 aliphatic heterocycles. The standard InChI is InChI=1S/C11H16BrNO/c1-14-11-5-2-4-10(8-11)9-13-7-3-6-12/h2,4-5,8,13H,3,6-7,9H2,1H3. The Bertz CT molecular complexity index is 265. The van der Waals surface area contributed by atoms with Gasteiger partial charge in [-0.15, -0.1) is 0 Å². The highest BCUT2D eigenvalue weighted by atomic mass is 79.9. The minimum absolute atomic E-state index is 0.907. The van der Waals surface area contributed by atoms with Crippen LogP contribution in [0.1, 0.15) is 12.0 Å². The fourth-order valence-corrected chi connectivity index (χ4v) is 1.49. The molecular weight excluding hydrogens is 242 g/mol. The van der Waals surface area contributed by atoms with Crippen molar-refractivity contribution in [3.63, 3.8) is 0 Å². The van der Waals surface area contributed by atoms with Crippen LogP contribution in [0.4, 0.5) is 0 Å². The largest absolute Gasteiger partial charge is 0.497 e. The summed E-state index contributed by atoms with van der Waals surface area (Å²) in [6.45, 7) is 1.95. The van der Waals surface area contributed by atoms with Crippen LogP contribution >= 0.6 is 15.9 Å². The van der Waals surface area contributed by atoms with Crippen molar-refractivity contribution in [2.45, 2.75) is 13.0 Å². The first kappa shape index (κ1) is 11.5. The maximum Gasteiger partial charge on any atom is 0.119 e. The number of nitrogens with one attached hydrogen (secondary N) is 1. The zero-order valence-electron chi connectivity index (χ0n) is 8.42. The maximum atomic E-state index is 5.15. The normalized spacial score (nSPS) is 10.1. The molecule has 0 aromatic heterocycles. The number of hydrogen-bond acceptors (Lipinski definition) is 2. The Kier molecular flexibility index (Phi) is 5.64. The van der Waals surface area contributed by atoms with Crippen LogP contribution in [0.15, 0.2) is 24.3 Å². The third kappa shape index (κ3) is 4.11. The van der Waals surface area contributed by atoms with Crippen molar-refractivity contribution < 1.29 is 4.74 Å². The van der Waals surface area contributed by atoms with Gasteiger partial charge in [0.05, 0.1) is 7.11 Å². The molecule has 0 fully saturated rings. The van der Waals surface area contributed by atoms with E-state index in [9.17, 15) is 0 Å². The van der Waals surface area contributed by atoms with Gasteiger partial charge in [-0.05, 0) is 30.7 Å². The van der Waals surface area contributed by atoms with Crippen LogP contribution in [0.5, 0.6) is 5.75 Å². The van der Waals surface area contributed by atoms with Gasteiger partial charge in [0.2, 0.25) is 0 Å². The molecule has 0 heterocycles. The van der Waals surface area contributed by atoms with E-state index in [0.717, 1.165) is 30.6 Å². The number of ether oxygens (including phenoxy) is 1. The zero-order valence-corrected chi connectivity index (χ0v) is 10.0. The molecule has 0 atom stereocenters. The summed E-state index contributed by atoms with van der Waals surface area (Å²) in [7, 11) is 1.69. The second-order valence-electron chi connectivity index (χ2n) is 3.07. The Hall–Kier alpha value is -0.540. The lowest BCUT2D eigenvalue weighted by Crippen LogP contribution is -2.14. The van der Waals surface area contributed by atoms with E-state index < -0.39 is 0 Å². The Morgan fingerprint density at radius 1 is 1.43 bits per heavy atom. The zero-order chi connectivity index (χ0) is 10.2. The van der Waals surface area contributed by atoms with Gasteiger partial charge in [0.15, 0.2) is 0 Å². The van der Waals surface area contributed by atoms with E-state index in [4.69, 9.17) is 4.74 Å². The summed E-state index contributed by atoms with van der Waals surface area (Å²) in [5.74, 6) is 0.921. The van der Waals surface area contributed by atoms with E-state index in [1.807, 2.05) is 12.1 Å². The van der Waals surface area contributed by atoms with Gasteiger partial charge in [0, 0.05) is 11.9 Å². The Labute approximate surface area is 93.8 Å². The van der Waals surface area contributed by atoms with E-state index in [-0.39, 0.29) is 0 Å². The van der Waals surface area contributed by atoms with Crippen molar-refractivity contribution in [1.82, 2.24) is 5.32 Å². The summed E-state index contributed by atoms with van der Waals surface area (Å²) in [5.41, 5.74) is 1.26. The van der Waals surface area contributed by atoms with Gasteiger partial charge in [-0.3, -0.25) is 0 Å². The van der Waals surface area contributed by atoms with Crippen molar-refractivity contribution in [2.75, 3.05) is 19.0 Å². The minimum atomic E-state index is 0.907.